The lowest BCUT2D eigenvalue weighted by Gasteiger charge is -2.13. The fourth-order valence-corrected chi connectivity index (χ4v) is 4.65. The minimum Gasteiger partial charge on any atom is -0.361 e. The highest BCUT2D eigenvalue weighted by atomic mass is 14.8. The molecule has 6 rings (SSSR count). The molecule has 0 radical (unpaired) electrons. The van der Waals surface area contributed by atoms with Gasteiger partial charge in [-0.15, -0.1) is 4.98 Å². The third-order valence-electron chi connectivity index (χ3n) is 6.24. The van der Waals surface area contributed by atoms with Crippen molar-refractivity contribution in [2.75, 3.05) is 0 Å². The first kappa shape index (κ1) is 19.6. The maximum absolute atomic E-state index is 9.24. The van der Waals surface area contributed by atoms with E-state index in [1.165, 1.54) is 32.3 Å². The number of rotatable bonds is 2. The maximum Gasteiger partial charge on any atom is 0.270 e. The largest absolute Gasteiger partial charge is 0.361 e. The van der Waals surface area contributed by atoms with Gasteiger partial charge >= 0.3 is 0 Å². The van der Waals surface area contributed by atoms with Crippen LogP contribution in [0.15, 0.2) is 97.3 Å². The molecule has 4 aromatic carbocycles. The van der Waals surface area contributed by atoms with Gasteiger partial charge in [0.2, 0.25) is 0 Å². The Balaban J connectivity index is 1.63. The molecule has 0 bridgehead atoms. The quantitative estimate of drug-likeness (QED) is 0.208. The van der Waals surface area contributed by atoms with E-state index in [0.29, 0.717) is 11.5 Å². The van der Waals surface area contributed by atoms with Crippen molar-refractivity contribution in [2.24, 2.45) is 0 Å². The van der Waals surface area contributed by atoms with Crippen molar-refractivity contribution in [1.29, 1.82) is 5.26 Å². The standard InChI is InChI=1S/C30H16N4/c1-32-30-17-22(11-13-34-30)20-7-9-27-26-8-6-19(21-10-12-33-23(14-21)18-31)15-28(26)24-4-2-3-5-25(24)29(27)16-20/h2-17H. The van der Waals surface area contributed by atoms with Crippen molar-refractivity contribution < 1.29 is 0 Å². The first-order chi connectivity index (χ1) is 16.7. The molecule has 2 heterocycles. The van der Waals surface area contributed by atoms with Crippen molar-refractivity contribution in [3.05, 3.63) is 114 Å². The van der Waals surface area contributed by atoms with Gasteiger partial charge in [-0.25, -0.2) is 4.98 Å². The van der Waals surface area contributed by atoms with E-state index < -0.39 is 0 Å². The van der Waals surface area contributed by atoms with Crippen molar-refractivity contribution in [3.8, 4) is 28.3 Å². The van der Waals surface area contributed by atoms with E-state index in [2.05, 4.69) is 81.5 Å². The number of nitrogens with zero attached hydrogens (tertiary/aromatic N) is 4. The third kappa shape index (κ3) is 3.14. The van der Waals surface area contributed by atoms with Crippen LogP contribution in [0.2, 0.25) is 0 Å². The van der Waals surface area contributed by atoms with Crippen LogP contribution < -0.4 is 0 Å². The van der Waals surface area contributed by atoms with E-state index in [0.717, 1.165) is 22.3 Å². The van der Waals surface area contributed by atoms with Crippen LogP contribution in [0.5, 0.6) is 0 Å². The van der Waals surface area contributed by atoms with Crippen LogP contribution in [0.4, 0.5) is 5.82 Å². The lowest BCUT2D eigenvalue weighted by atomic mass is 9.90. The van der Waals surface area contributed by atoms with Crippen LogP contribution in [0.25, 0.3) is 59.4 Å². The summed E-state index contributed by atoms with van der Waals surface area (Å²) in [5, 5.41) is 16.3. The van der Waals surface area contributed by atoms with E-state index in [1.54, 1.807) is 12.4 Å². The van der Waals surface area contributed by atoms with E-state index in [9.17, 15) is 5.26 Å². The minimum absolute atomic E-state index is 0.393. The molecule has 0 aliphatic rings. The molecular formula is C30H16N4. The van der Waals surface area contributed by atoms with Crippen molar-refractivity contribution in [2.45, 2.75) is 0 Å². The van der Waals surface area contributed by atoms with Crippen LogP contribution >= 0.6 is 0 Å². The monoisotopic (exact) mass is 432 g/mol. The van der Waals surface area contributed by atoms with Crippen LogP contribution in [-0.2, 0) is 0 Å². The number of fused-ring (bicyclic) bond motifs is 6. The van der Waals surface area contributed by atoms with Crippen LogP contribution in [0.3, 0.4) is 0 Å². The average Bonchev–Trinajstić information content (AvgIpc) is 2.92. The fraction of sp³-hybridized carbons (Fsp3) is 0. The summed E-state index contributed by atoms with van der Waals surface area (Å²) in [7, 11) is 0. The van der Waals surface area contributed by atoms with Crippen molar-refractivity contribution in [1.82, 2.24) is 9.97 Å². The molecule has 0 aliphatic heterocycles. The fourth-order valence-electron chi connectivity index (χ4n) is 4.65. The van der Waals surface area contributed by atoms with Gasteiger partial charge in [0.25, 0.3) is 5.82 Å². The van der Waals surface area contributed by atoms with Crippen LogP contribution in [0, 0.1) is 17.9 Å². The zero-order chi connectivity index (χ0) is 23.1. The first-order valence-corrected chi connectivity index (χ1v) is 10.8. The second-order valence-corrected chi connectivity index (χ2v) is 8.12. The Kier molecular flexibility index (Phi) is 4.51. The highest BCUT2D eigenvalue weighted by Crippen LogP contribution is 2.39. The number of hydrogen-bond donors (Lipinski definition) is 0. The molecule has 0 spiro atoms. The Labute approximate surface area is 196 Å². The molecule has 0 amide bonds. The van der Waals surface area contributed by atoms with Gasteiger partial charge in [-0.3, -0.25) is 0 Å². The van der Waals surface area contributed by atoms with Crippen LogP contribution in [0.1, 0.15) is 5.69 Å². The smallest absolute Gasteiger partial charge is 0.270 e. The molecule has 4 nitrogen and oxygen atoms in total. The zero-order valence-corrected chi connectivity index (χ0v) is 18.0. The van der Waals surface area contributed by atoms with Gasteiger partial charge in [-0.05, 0) is 91.0 Å². The van der Waals surface area contributed by atoms with Gasteiger partial charge in [0.15, 0.2) is 0 Å². The minimum atomic E-state index is 0.393. The lowest BCUT2D eigenvalue weighted by molar-refractivity contribution is 1.27. The summed E-state index contributed by atoms with van der Waals surface area (Å²) in [6.45, 7) is 7.28. The highest BCUT2D eigenvalue weighted by Gasteiger charge is 2.12. The topological polar surface area (TPSA) is 53.9 Å². The summed E-state index contributed by atoms with van der Waals surface area (Å²) >= 11 is 0. The summed E-state index contributed by atoms with van der Waals surface area (Å²) in [5.74, 6) is 0.393. The second kappa shape index (κ2) is 7.81. The van der Waals surface area contributed by atoms with Gasteiger partial charge in [-0.2, -0.15) is 5.26 Å². The maximum atomic E-state index is 9.24. The van der Waals surface area contributed by atoms with Crippen molar-refractivity contribution in [3.63, 3.8) is 0 Å². The normalized spacial score (nSPS) is 10.9. The van der Waals surface area contributed by atoms with E-state index in [4.69, 9.17) is 6.57 Å². The molecule has 0 atom stereocenters. The number of hydrogen-bond acceptors (Lipinski definition) is 3. The predicted octanol–water partition coefficient (Wildman–Crippen LogP) is 7.69. The molecular weight excluding hydrogens is 416 g/mol. The summed E-state index contributed by atoms with van der Waals surface area (Å²) in [6, 6.07) is 31.0. The average molecular weight is 432 g/mol. The van der Waals surface area contributed by atoms with E-state index >= 15 is 0 Å². The second-order valence-electron chi connectivity index (χ2n) is 8.12. The molecule has 0 N–H and O–H groups in total. The molecule has 0 saturated heterocycles. The molecule has 0 saturated carbocycles. The summed E-state index contributed by atoms with van der Waals surface area (Å²) in [6.07, 6.45) is 3.36. The Morgan fingerprint density at radius 2 is 1.12 bits per heavy atom. The van der Waals surface area contributed by atoms with Crippen LogP contribution in [-0.4, -0.2) is 9.97 Å². The third-order valence-corrected chi connectivity index (χ3v) is 6.24. The Morgan fingerprint density at radius 3 is 1.71 bits per heavy atom. The molecule has 0 aliphatic carbocycles. The Hall–Kier alpha value is -5.06. The van der Waals surface area contributed by atoms with Gasteiger partial charge < -0.3 is 4.85 Å². The highest BCUT2D eigenvalue weighted by molar-refractivity contribution is 6.26. The van der Waals surface area contributed by atoms with Gasteiger partial charge in [0, 0.05) is 6.20 Å². The summed E-state index contributed by atoms with van der Waals surface area (Å²) in [4.78, 5) is 11.7. The molecule has 0 unspecified atom stereocenters. The molecule has 156 valence electrons. The Bertz CT molecular complexity index is 1680. The van der Waals surface area contributed by atoms with Gasteiger partial charge in [0.05, 0.1) is 0 Å². The number of aromatic nitrogens is 2. The molecule has 34 heavy (non-hydrogen) atoms. The Morgan fingerprint density at radius 1 is 0.588 bits per heavy atom. The van der Waals surface area contributed by atoms with E-state index in [-0.39, 0.29) is 0 Å². The van der Waals surface area contributed by atoms with Crippen molar-refractivity contribution >= 4 is 38.1 Å². The SMILES string of the molecule is [C-]#[N+]c1cc(-c2ccc3c4ccc(-c5ccnc(C#N)c5)cc4c4ccccc4c3c2)ccn1. The predicted molar refractivity (Wildman–Crippen MR) is 136 cm³/mol. The van der Waals surface area contributed by atoms with E-state index in [1.807, 2.05) is 24.3 Å². The number of pyridine rings is 2. The molecule has 2 aromatic heterocycles. The molecule has 6 aromatic rings. The lowest BCUT2D eigenvalue weighted by Crippen LogP contribution is -1.88. The van der Waals surface area contributed by atoms with Gasteiger partial charge in [-0.1, -0.05) is 55.1 Å². The molecule has 0 fully saturated rings. The zero-order valence-electron chi connectivity index (χ0n) is 18.0. The number of nitriles is 1. The summed E-state index contributed by atoms with van der Waals surface area (Å²) < 4.78 is 0. The number of benzene rings is 4. The summed E-state index contributed by atoms with van der Waals surface area (Å²) in [5.41, 5.74) is 4.47. The molecule has 4 heteroatoms. The first-order valence-electron chi connectivity index (χ1n) is 10.8. The van der Waals surface area contributed by atoms with Gasteiger partial charge in [0.1, 0.15) is 18.0 Å².